The second-order valence-electron chi connectivity index (χ2n) is 8.35. The van der Waals surface area contributed by atoms with Crippen LogP contribution in [0.5, 0.6) is 0 Å². The summed E-state index contributed by atoms with van der Waals surface area (Å²) in [7, 11) is 0. The Bertz CT molecular complexity index is 1090. The van der Waals surface area contributed by atoms with E-state index in [1.54, 1.807) is 57.2 Å². The number of aryl methyl sites for hydroxylation is 1. The Hall–Kier alpha value is -3.68. The number of nitrogens with zero attached hydrogens (tertiary/aromatic N) is 3. The lowest BCUT2D eigenvalue weighted by molar-refractivity contribution is -0.132. The summed E-state index contributed by atoms with van der Waals surface area (Å²) in [6.07, 6.45) is 0. The maximum Gasteiger partial charge on any atom is 0.332 e. The number of hydrogen-bond acceptors (Lipinski definition) is 4. The molecular weight excluding hydrogens is 396 g/mol. The Balaban J connectivity index is 1.64. The van der Waals surface area contributed by atoms with E-state index in [1.165, 1.54) is 9.80 Å². The summed E-state index contributed by atoms with van der Waals surface area (Å²) in [5.41, 5.74) is 1.48. The minimum Gasteiger partial charge on any atom is -0.322 e. The number of imide groups is 1. The number of urea groups is 1. The number of rotatable bonds is 3. The Morgan fingerprint density at radius 3 is 2.35 bits per heavy atom. The molecule has 0 aliphatic carbocycles. The third kappa shape index (κ3) is 3.24. The summed E-state index contributed by atoms with van der Waals surface area (Å²) in [6.45, 7) is 6.38. The highest BCUT2D eigenvalue weighted by molar-refractivity contribution is 6.18. The van der Waals surface area contributed by atoms with Gasteiger partial charge in [0.15, 0.2) is 0 Å². The molecule has 2 aromatic carbocycles. The van der Waals surface area contributed by atoms with Gasteiger partial charge in [-0.1, -0.05) is 29.8 Å². The SMILES string of the molecule is Cc1ccc(N2C(=O)N(CC(=O)N3c4ccccc4NC(=O)C3(C)C)C(=O)[C@H]2C)cc1. The predicted molar refractivity (Wildman–Crippen MR) is 117 cm³/mol. The van der Waals surface area contributed by atoms with Crippen molar-refractivity contribution in [2.24, 2.45) is 0 Å². The molecule has 0 unspecified atom stereocenters. The monoisotopic (exact) mass is 420 g/mol. The third-order valence-corrected chi connectivity index (χ3v) is 5.81. The van der Waals surface area contributed by atoms with Crippen molar-refractivity contribution in [3.8, 4) is 0 Å². The molecule has 1 atom stereocenters. The van der Waals surface area contributed by atoms with E-state index in [9.17, 15) is 19.2 Å². The molecule has 2 heterocycles. The van der Waals surface area contributed by atoms with Crippen LogP contribution in [0.25, 0.3) is 0 Å². The lowest BCUT2D eigenvalue weighted by atomic mass is 9.96. The molecule has 31 heavy (non-hydrogen) atoms. The molecule has 0 saturated carbocycles. The molecule has 0 bridgehead atoms. The molecule has 2 aromatic rings. The summed E-state index contributed by atoms with van der Waals surface area (Å²) in [5, 5.41) is 2.80. The van der Waals surface area contributed by atoms with E-state index in [2.05, 4.69) is 5.32 Å². The lowest BCUT2D eigenvalue weighted by Crippen LogP contribution is -2.60. The van der Waals surface area contributed by atoms with Gasteiger partial charge in [-0.25, -0.2) is 4.79 Å². The molecule has 2 aliphatic heterocycles. The number of carbonyl (C=O) groups is 4. The van der Waals surface area contributed by atoms with Gasteiger partial charge in [0.25, 0.3) is 5.91 Å². The Morgan fingerprint density at radius 1 is 1.03 bits per heavy atom. The summed E-state index contributed by atoms with van der Waals surface area (Å²) < 4.78 is 0. The summed E-state index contributed by atoms with van der Waals surface area (Å²) >= 11 is 0. The van der Waals surface area contributed by atoms with Crippen molar-refractivity contribution in [3.63, 3.8) is 0 Å². The van der Waals surface area contributed by atoms with Crippen molar-refractivity contribution in [3.05, 3.63) is 54.1 Å². The molecule has 8 heteroatoms. The second-order valence-corrected chi connectivity index (χ2v) is 8.35. The lowest BCUT2D eigenvalue weighted by Gasteiger charge is -2.42. The van der Waals surface area contributed by atoms with Gasteiger partial charge in [-0.2, -0.15) is 0 Å². The van der Waals surface area contributed by atoms with E-state index in [-0.39, 0.29) is 5.91 Å². The van der Waals surface area contributed by atoms with Crippen LogP contribution >= 0.6 is 0 Å². The molecule has 0 spiro atoms. The van der Waals surface area contributed by atoms with Crippen LogP contribution in [0.2, 0.25) is 0 Å². The van der Waals surface area contributed by atoms with E-state index >= 15 is 0 Å². The molecule has 8 nitrogen and oxygen atoms in total. The zero-order valence-electron chi connectivity index (χ0n) is 17.9. The van der Waals surface area contributed by atoms with Crippen molar-refractivity contribution < 1.29 is 19.2 Å². The molecule has 5 amide bonds. The van der Waals surface area contributed by atoms with Gasteiger partial charge >= 0.3 is 6.03 Å². The fraction of sp³-hybridized carbons (Fsp3) is 0.304. The first-order valence-corrected chi connectivity index (χ1v) is 10.1. The Labute approximate surface area is 180 Å². The van der Waals surface area contributed by atoms with Crippen LogP contribution in [0.15, 0.2) is 48.5 Å². The highest BCUT2D eigenvalue weighted by Crippen LogP contribution is 2.37. The van der Waals surface area contributed by atoms with E-state index in [0.29, 0.717) is 17.1 Å². The zero-order valence-corrected chi connectivity index (χ0v) is 17.9. The molecule has 1 saturated heterocycles. The number of anilines is 3. The highest BCUT2D eigenvalue weighted by atomic mass is 16.2. The Morgan fingerprint density at radius 2 is 1.68 bits per heavy atom. The average molecular weight is 420 g/mol. The van der Waals surface area contributed by atoms with E-state index in [0.717, 1.165) is 10.5 Å². The van der Waals surface area contributed by atoms with E-state index in [1.807, 2.05) is 19.1 Å². The van der Waals surface area contributed by atoms with Gasteiger partial charge in [-0.15, -0.1) is 0 Å². The molecule has 0 aromatic heterocycles. The van der Waals surface area contributed by atoms with Crippen LogP contribution in [0, 0.1) is 6.92 Å². The first-order chi connectivity index (χ1) is 14.6. The quantitative estimate of drug-likeness (QED) is 0.773. The average Bonchev–Trinajstić information content (AvgIpc) is 2.93. The van der Waals surface area contributed by atoms with Crippen molar-refractivity contribution in [2.45, 2.75) is 39.3 Å². The fourth-order valence-corrected chi connectivity index (χ4v) is 4.02. The van der Waals surface area contributed by atoms with Gasteiger partial charge in [-0.05, 0) is 52.0 Å². The summed E-state index contributed by atoms with van der Waals surface area (Å²) in [4.78, 5) is 55.6. The number of amides is 5. The van der Waals surface area contributed by atoms with Crippen molar-refractivity contribution in [1.82, 2.24) is 4.90 Å². The van der Waals surface area contributed by atoms with Crippen LogP contribution in [-0.2, 0) is 14.4 Å². The normalized spacial score (nSPS) is 20.1. The van der Waals surface area contributed by atoms with Crippen molar-refractivity contribution in [1.29, 1.82) is 0 Å². The topological polar surface area (TPSA) is 90.0 Å². The maximum absolute atomic E-state index is 13.3. The van der Waals surface area contributed by atoms with Crippen LogP contribution in [0.3, 0.4) is 0 Å². The summed E-state index contributed by atoms with van der Waals surface area (Å²) in [5.74, 6) is -1.30. The van der Waals surface area contributed by atoms with Crippen LogP contribution in [0.4, 0.5) is 21.9 Å². The van der Waals surface area contributed by atoms with Crippen LogP contribution in [0.1, 0.15) is 26.3 Å². The van der Waals surface area contributed by atoms with Crippen molar-refractivity contribution >= 4 is 40.8 Å². The van der Waals surface area contributed by atoms with Crippen LogP contribution in [-0.4, -0.2) is 46.8 Å². The first-order valence-electron chi connectivity index (χ1n) is 10.1. The van der Waals surface area contributed by atoms with E-state index < -0.39 is 36.0 Å². The number of fused-ring (bicyclic) bond motifs is 1. The molecule has 0 radical (unpaired) electrons. The van der Waals surface area contributed by atoms with E-state index in [4.69, 9.17) is 0 Å². The Kier molecular flexibility index (Phi) is 4.80. The number of para-hydroxylation sites is 2. The fourth-order valence-electron chi connectivity index (χ4n) is 4.02. The van der Waals surface area contributed by atoms with Crippen LogP contribution < -0.4 is 15.1 Å². The number of carbonyl (C=O) groups excluding carboxylic acids is 4. The van der Waals surface area contributed by atoms with Gasteiger partial charge in [0.05, 0.1) is 11.4 Å². The van der Waals surface area contributed by atoms with Gasteiger partial charge < -0.3 is 5.32 Å². The van der Waals surface area contributed by atoms with Gasteiger partial charge in [-0.3, -0.25) is 29.1 Å². The largest absolute Gasteiger partial charge is 0.332 e. The van der Waals surface area contributed by atoms with Gasteiger partial charge in [0.2, 0.25) is 11.8 Å². The molecule has 1 fully saturated rings. The second kappa shape index (κ2) is 7.23. The van der Waals surface area contributed by atoms with Gasteiger partial charge in [0, 0.05) is 5.69 Å². The molecule has 1 N–H and O–H groups in total. The minimum atomic E-state index is -1.18. The smallest absolute Gasteiger partial charge is 0.322 e. The predicted octanol–water partition coefficient (Wildman–Crippen LogP) is 2.92. The number of nitrogens with one attached hydrogen (secondary N) is 1. The third-order valence-electron chi connectivity index (χ3n) is 5.81. The molecular formula is C23H24N4O4. The highest BCUT2D eigenvalue weighted by Gasteiger charge is 2.48. The molecule has 4 rings (SSSR count). The summed E-state index contributed by atoms with van der Waals surface area (Å²) in [6, 6.07) is 12.9. The van der Waals surface area contributed by atoms with Crippen molar-refractivity contribution in [2.75, 3.05) is 21.7 Å². The standard InChI is InChI=1S/C23H24N4O4/c1-14-9-11-16(12-10-14)26-15(2)20(29)25(22(26)31)13-19(28)27-18-8-6-5-7-17(18)24-21(30)23(27,3)4/h5-12,15H,13H2,1-4H3,(H,24,30)/t15-/m1/s1. The minimum absolute atomic E-state index is 0.340. The molecule has 2 aliphatic rings. The number of benzene rings is 2. The number of hydrogen-bond donors (Lipinski definition) is 1. The molecule has 160 valence electrons. The first kappa shape index (κ1) is 20.6. The van der Waals surface area contributed by atoms with Gasteiger partial charge in [0.1, 0.15) is 18.1 Å². The zero-order chi connectivity index (χ0) is 22.5. The maximum atomic E-state index is 13.3.